The molecule has 170 valence electrons. The zero-order valence-electron chi connectivity index (χ0n) is 18.8. The van der Waals surface area contributed by atoms with Crippen molar-refractivity contribution in [1.82, 2.24) is 15.2 Å². The van der Waals surface area contributed by atoms with Crippen molar-refractivity contribution in [2.75, 3.05) is 36.4 Å². The van der Waals surface area contributed by atoms with Gasteiger partial charge in [-0.25, -0.2) is 4.98 Å². The van der Waals surface area contributed by atoms with E-state index in [1.54, 1.807) is 29.3 Å². The first kappa shape index (κ1) is 22.4. The van der Waals surface area contributed by atoms with Crippen LogP contribution in [0.15, 0.2) is 42.6 Å². The number of rotatable bonds is 8. The van der Waals surface area contributed by atoms with Crippen molar-refractivity contribution < 1.29 is 9.59 Å². The number of pyridine rings is 1. The van der Waals surface area contributed by atoms with Gasteiger partial charge in [-0.3, -0.25) is 19.4 Å². The van der Waals surface area contributed by atoms with Crippen LogP contribution < -0.4 is 15.5 Å². The molecule has 0 aliphatic carbocycles. The van der Waals surface area contributed by atoms with Crippen LogP contribution in [0.25, 0.3) is 0 Å². The van der Waals surface area contributed by atoms with Crippen LogP contribution in [0.2, 0.25) is 0 Å². The number of unbranched alkanes of at least 4 members (excludes halogenated alkanes) is 2. The van der Waals surface area contributed by atoms with Crippen LogP contribution in [0.3, 0.4) is 0 Å². The molecular weight excluding hydrogens is 402 g/mol. The van der Waals surface area contributed by atoms with E-state index in [2.05, 4.69) is 27.4 Å². The molecule has 1 fully saturated rings. The SMILES string of the molecule is CCCCCNCC1CCCCN1CC(=O)N1c2ccccc2C(=O)Nc2cccnc21. The quantitative estimate of drug-likeness (QED) is 0.614. The summed E-state index contributed by atoms with van der Waals surface area (Å²) in [5.74, 6) is 0.186. The molecule has 2 aliphatic heterocycles. The summed E-state index contributed by atoms with van der Waals surface area (Å²) in [5, 5.41) is 6.49. The van der Waals surface area contributed by atoms with Crippen molar-refractivity contribution in [2.24, 2.45) is 0 Å². The first-order valence-electron chi connectivity index (χ1n) is 11.8. The minimum Gasteiger partial charge on any atom is -0.319 e. The van der Waals surface area contributed by atoms with E-state index in [-0.39, 0.29) is 11.8 Å². The van der Waals surface area contributed by atoms with Crippen LogP contribution in [0.5, 0.6) is 0 Å². The van der Waals surface area contributed by atoms with Crippen LogP contribution in [0.1, 0.15) is 55.8 Å². The Morgan fingerprint density at radius 2 is 2.06 bits per heavy atom. The van der Waals surface area contributed by atoms with Gasteiger partial charge in [0.15, 0.2) is 5.82 Å². The predicted octanol–water partition coefficient (Wildman–Crippen LogP) is 3.95. The van der Waals surface area contributed by atoms with E-state index in [0.29, 0.717) is 35.3 Å². The van der Waals surface area contributed by atoms with Crippen molar-refractivity contribution in [3.63, 3.8) is 0 Å². The Morgan fingerprint density at radius 1 is 1.19 bits per heavy atom. The largest absolute Gasteiger partial charge is 0.319 e. The highest BCUT2D eigenvalue weighted by atomic mass is 16.2. The van der Waals surface area contributed by atoms with Crippen molar-refractivity contribution in [2.45, 2.75) is 51.5 Å². The molecule has 1 saturated heterocycles. The molecule has 2 aliphatic rings. The molecule has 1 aromatic heterocycles. The van der Waals surface area contributed by atoms with Crippen LogP contribution in [0.4, 0.5) is 17.2 Å². The van der Waals surface area contributed by atoms with Gasteiger partial charge >= 0.3 is 0 Å². The van der Waals surface area contributed by atoms with Crippen LogP contribution in [-0.2, 0) is 4.79 Å². The third kappa shape index (κ3) is 5.00. The zero-order valence-corrected chi connectivity index (χ0v) is 18.8. The number of aromatic nitrogens is 1. The number of carbonyl (C=O) groups is 2. The first-order valence-corrected chi connectivity index (χ1v) is 11.8. The van der Waals surface area contributed by atoms with E-state index in [1.807, 2.05) is 18.2 Å². The molecule has 7 heteroatoms. The molecule has 3 heterocycles. The van der Waals surface area contributed by atoms with Crippen molar-refractivity contribution in [1.29, 1.82) is 0 Å². The number of piperidine rings is 1. The number of carbonyl (C=O) groups excluding carboxylic acids is 2. The highest BCUT2D eigenvalue weighted by Gasteiger charge is 2.32. The molecule has 1 unspecified atom stereocenters. The predicted molar refractivity (Wildman–Crippen MR) is 127 cm³/mol. The van der Waals surface area contributed by atoms with Gasteiger partial charge in [0.2, 0.25) is 5.91 Å². The van der Waals surface area contributed by atoms with Gasteiger partial charge in [0.05, 0.1) is 23.5 Å². The van der Waals surface area contributed by atoms with Crippen LogP contribution in [-0.4, -0.2) is 53.9 Å². The smallest absolute Gasteiger partial charge is 0.257 e. The number of nitrogens with zero attached hydrogens (tertiary/aromatic N) is 3. The van der Waals surface area contributed by atoms with E-state index in [1.165, 1.54) is 25.7 Å². The summed E-state index contributed by atoms with van der Waals surface area (Å²) in [7, 11) is 0. The molecule has 2 N–H and O–H groups in total. The average Bonchev–Trinajstić information content (AvgIpc) is 2.94. The standard InChI is InChI=1S/C25H33N5O2/c1-2-3-7-14-26-17-19-10-6-8-16-29(19)18-23(31)30-22-13-5-4-11-20(22)25(32)28-21-12-9-15-27-24(21)30/h4-5,9,11-13,15,19,26H,2-3,6-8,10,14,16-18H2,1H3,(H,28,32). The first-order chi connectivity index (χ1) is 15.7. The van der Waals surface area contributed by atoms with Crippen LogP contribution in [0, 0.1) is 0 Å². The third-order valence-electron chi connectivity index (χ3n) is 6.31. The second-order valence-electron chi connectivity index (χ2n) is 8.61. The minimum atomic E-state index is -0.225. The maximum absolute atomic E-state index is 13.7. The molecule has 0 bridgehead atoms. The summed E-state index contributed by atoms with van der Waals surface area (Å²) in [4.78, 5) is 34.8. The number of amides is 2. The Balaban J connectivity index is 1.54. The number of nitrogens with one attached hydrogen (secondary N) is 2. The van der Waals surface area contributed by atoms with Crippen LogP contribution >= 0.6 is 0 Å². The average molecular weight is 436 g/mol. The molecule has 0 saturated carbocycles. The van der Waals surface area contributed by atoms with Gasteiger partial charge in [0.1, 0.15) is 0 Å². The van der Waals surface area contributed by atoms with Gasteiger partial charge in [0, 0.05) is 18.8 Å². The lowest BCUT2D eigenvalue weighted by atomic mass is 10.0. The summed E-state index contributed by atoms with van der Waals surface area (Å²) in [6, 6.07) is 11.1. The highest BCUT2D eigenvalue weighted by molar-refractivity contribution is 6.17. The Hall–Kier alpha value is -2.77. The number of benzene rings is 1. The summed E-state index contributed by atoms with van der Waals surface area (Å²) in [6.07, 6.45) is 8.70. The van der Waals surface area contributed by atoms with Gasteiger partial charge < -0.3 is 10.6 Å². The molecule has 1 atom stereocenters. The Bertz CT molecular complexity index is 947. The molecule has 2 amide bonds. The van der Waals surface area contributed by atoms with Crippen molar-refractivity contribution in [3.8, 4) is 0 Å². The molecule has 2 aromatic rings. The number of para-hydroxylation sites is 1. The second kappa shape index (κ2) is 10.7. The number of hydrogen-bond acceptors (Lipinski definition) is 5. The normalized spacial score (nSPS) is 18.5. The molecule has 0 radical (unpaired) electrons. The van der Waals surface area contributed by atoms with Gasteiger partial charge in [-0.15, -0.1) is 0 Å². The number of fused-ring (bicyclic) bond motifs is 2. The summed E-state index contributed by atoms with van der Waals surface area (Å²) in [6.45, 7) is 5.36. The van der Waals surface area contributed by atoms with Gasteiger partial charge in [-0.2, -0.15) is 0 Å². The minimum absolute atomic E-state index is 0.0632. The molecule has 32 heavy (non-hydrogen) atoms. The van der Waals surface area contributed by atoms with Crippen molar-refractivity contribution in [3.05, 3.63) is 48.2 Å². The molecule has 7 nitrogen and oxygen atoms in total. The highest BCUT2D eigenvalue weighted by Crippen LogP contribution is 2.36. The van der Waals surface area contributed by atoms with Crippen molar-refractivity contribution >= 4 is 29.0 Å². The van der Waals surface area contributed by atoms with E-state index in [9.17, 15) is 9.59 Å². The Labute approximate surface area is 190 Å². The lowest BCUT2D eigenvalue weighted by Gasteiger charge is -2.36. The fourth-order valence-electron chi connectivity index (χ4n) is 4.60. The maximum Gasteiger partial charge on any atom is 0.257 e. The van der Waals surface area contributed by atoms with Gasteiger partial charge in [-0.05, 0) is 56.6 Å². The van der Waals surface area contributed by atoms with E-state index < -0.39 is 0 Å². The second-order valence-corrected chi connectivity index (χ2v) is 8.61. The third-order valence-corrected chi connectivity index (χ3v) is 6.31. The topological polar surface area (TPSA) is 77.6 Å². The summed E-state index contributed by atoms with van der Waals surface area (Å²) < 4.78 is 0. The lowest BCUT2D eigenvalue weighted by molar-refractivity contribution is -0.119. The molecule has 1 aromatic carbocycles. The number of hydrogen-bond donors (Lipinski definition) is 2. The van der Waals surface area contributed by atoms with Gasteiger partial charge in [0.25, 0.3) is 5.91 Å². The molecular formula is C25H33N5O2. The molecule has 4 rings (SSSR count). The van der Waals surface area contributed by atoms with E-state index in [4.69, 9.17) is 0 Å². The Kier molecular flexibility index (Phi) is 7.50. The fourth-order valence-corrected chi connectivity index (χ4v) is 4.60. The number of likely N-dealkylation sites (tertiary alicyclic amines) is 1. The number of anilines is 3. The van der Waals surface area contributed by atoms with E-state index >= 15 is 0 Å². The molecule has 0 spiro atoms. The zero-order chi connectivity index (χ0) is 22.3. The van der Waals surface area contributed by atoms with E-state index in [0.717, 1.165) is 32.5 Å². The monoisotopic (exact) mass is 435 g/mol. The summed E-state index contributed by atoms with van der Waals surface area (Å²) >= 11 is 0. The lowest BCUT2D eigenvalue weighted by Crippen LogP contribution is -2.49. The maximum atomic E-state index is 13.7. The Morgan fingerprint density at radius 3 is 2.94 bits per heavy atom. The fraction of sp³-hybridized carbons (Fsp3) is 0.480. The van der Waals surface area contributed by atoms with Gasteiger partial charge in [-0.1, -0.05) is 38.3 Å². The summed E-state index contributed by atoms with van der Waals surface area (Å²) in [5.41, 5.74) is 1.61.